The van der Waals surface area contributed by atoms with E-state index in [2.05, 4.69) is 15.5 Å². The topological polar surface area (TPSA) is 136 Å². The molecule has 3 rings (SSSR count). The van der Waals surface area contributed by atoms with E-state index in [0.717, 1.165) is 17.0 Å². The molecule has 1 amide bonds. The van der Waals surface area contributed by atoms with E-state index in [9.17, 15) is 19.2 Å². The van der Waals surface area contributed by atoms with Gasteiger partial charge in [-0.25, -0.2) is 14.4 Å². The van der Waals surface area contributed by atoms with Crippen LogP contribution >= 0.6 is 11.3 Å². The van der Waals surface area contributed by atoms with Crippen LogP contribution in [-0.2, 0) is 19.0 Å². The van der Waals surface area contributed by atoms with Crippen LogP contribution in [0.4, 0.5) is 22.1 Å². The smallest absolute Gasteiger partial charge is 0.348 e. The maximum Gasteiger partial charge on any atom is 0.348 e. The summed E-state index contributed by atoms with van der Waals surface area (Å²) in [6.07, 6.45) is 0. The van der Waals surface area contributed by atoms with Gasteiger partial charge >= 0.3 is 17.9 Å². The number of nitrogens with zero attached hydrogens (tertiary/aromatic N) is 3. The second-order valence-electron chi connectivity index (χ2n) is 8.00. The number of azo groups is 1. The van der Waals surface area contributed by atoms with E-state index in [4.69, 9.17) is 14.2 Å². The molecule has 0 unspecified atom stereocenters. The van der Waals surface area contributed by atoms with Crippen LogP contribution < -0.4 is 10.2 Å². The van der Waals surface area contributed by atoms with Crippen LogP contribution in [0.3, 0.4) is 0 Å². The minimum atomic E-state index is -0.788. The monoisotopic (exact) mass is 538 g/mol. The molecule has 12 heteroatoms. The Hall–Kier alpha value is -4.58. The Morgan fingerprint density at radius 1 is 0.895 bits per heavy atom. The number of hydrogen-bond acceptors (Lipinski definition) is 11. The first-order chi connectivity index (χ1) is 18.2. The summed E-state index contributed by atoms with van der Waals surface area (Å²) in [5.41, 5.74) is 2.29. The van der Waals surface area contributed by atoms with Gasteiger partial charge in [-0.3, -0.25) is 4.79 Å². The van der Waals surface area contributed by atoms with Gasteiger partial charge in [0.05, 0.1) is 31.0 Å². The van der Waals surface area contributed by atoms with Crippen LogP contribution in [0.15, 0.2) is 58.8 Å². The highest BCUT2D eigenvalue weighted by molar-refractivity contribution is 7.18. The Labute approximate surface area is 223 Å². The van der Waals surface area contributed by atoms with Crippen molar-refractivity contribution in [3.63, 3.8) is 0 Å². The van der Waals surface area contributed by atoms with Gasteiger partial charge in [0.15, 0.2) is 6.61 Å². The fourth-order valence-corrected chi connectivity index (χ4v) is 4.40. The third-order valence-electron chi connectivity index (χ3n) is 5.26. The molecule has 0 saturated heterocycles. The molecule has 0 fully saturated rings. The summed E-state index contributed by atoms with van der Waals surface area (Å²) < 4.78 is 14.7. The van der Waals surface area contributed by atoms with Crippen LogP contribution in [0.2, 0.25) is 0 Å². The minimum absolute atomic E-state index is 0.0157. The van der Waals surface area contributed by atoms with E-state index in [0.29, 0.717) is 11.3 Å². The highest BCUT2D eigenvalue weighted by Crippen LogP contribution is 2.34. The fraction of sp³-hybridized carbons (Fsp3) is 0.231. The number of methoxy groups -OCH3 is 2. The number of rotatable bonds is 9. The lowest BCUT2D eigenvalue weighted by Gasteiger charge is -2.11. The summed E-state index contributed by atoms with van der Waals surface area (Å²) >= 11 is 0.853. The van der Waals surface area contributed by atoms with Gasteiger partial charge in [0.25, 0.3) is 5.91 Å². The van der Waals surface area contributed by atoms with Gasteiger partial charge < -0.3 is 24.4 Å². The summed E-state index contributed by atoms with van der Waals surface area (Å²) in [7, 11) is 6.24. The molecular weight excluding hydrogens is 512 g/mol. The molecule has 0 atom stereocenters. The van der Waals surface area contributed by atoms with Gasteiger partial charge in [0, 0.05) is 19.8 Å². The van der Waals surface area contributed by atoms with Crippen molar-refractivity contribution >= 4 is 57.2 Å². The number of thiophene rings is 1. The maximum atomic E-state index is 12.7. The molecule has 0 aliphatic rings. The van der Waals surface area contributed by atoms with Crippen molar-refractivity contribution < 1.29 is 33.4 Å². The second-order valence-corrected chi connectivity index (χ2v) is 9.02. The number of esters is 3. The van der Waals surface area contributed by atoms with Gasteiger partial charge in [-0.05, 0) is 48.9 Å². The van der Waals surface area contributed by atoms with E-state index in [-0.39, 0.29) is 26.7 Å². The molecular formula is C26H26N4O7S. The molecule has 198 valence electrons. The van der Waals surface area contributed by atoms with Crippen LogP contribution in [0.1, 0.15) is 36.0 Å². The first-order valence-electron chi connectivity index (χ1n) is 11.2. The number of benzene rings is 2. The number of amides is 1. The van der Waals surface area contributed by atoms with E-state index in [1.807, 2.05) is 31.1 Å². The van der Waals surface area contributed by atoms with Crippen LogP contribution in [0.5, 0.6) is 0 Å². The minimum Gasteiger partial charge on any atom is -0.465 e. The predicted molar refractivity (Wildman–Crippen MR) is 142 cm³/mol. The molecule has 1 aromatic heterocycles. The lowest BCUT2D eigenvalue weighted by molar-refractivity contribution is -0.119. The first kappa shape index (κ1) is 28.0. The lowest BCUT2D eigenvalue weighted by Crippen LogP contribution is -2.21. The zero-order valence-corrected chi connectivity index (χ0v) is 22.3. The molecule has 11 nitrogen and oxygen atoms in total. The quantitative estimate of drug-likeness (QED) is 0.231. The van der Waals surface area contributed by atoms with Crippen molar-refractivity contribution in [2.45, 2.75) is 6.92 Å². The largest absolute Gasteiger partial charge is 0.465 e. The zero-order chi connectivity index (χ0) is 27.8. The molecule has 3 aromatic rings. The third kappa shape index (κ3) is 6.59. The Morgan fingerprint density at radius 2 is 1.55 bits per heavy atom. The average Bonchev–Trinajstić information content (AvgIpc) is 3.25. The number of anilines is 2. The lowest BCUT2D eigenvalue weighted by atomic mass is 10.1. The van der Waals surface area contributed by atoms with E-state index < -0.39 is 30.4 Å². The van der Waals surface area contributed by atoms with Crippen molar-refractivity contribution in [2.75, 3.05) is 45.1 Å². The van der Waals surface area contributed by atoms with Gasteiger partial charge in [-0.15, -0.1) is 16.5 Å². The summed E-state index contributed by atoms with van der Waals surface area (Å²) in [4.78, 5) is 51.6. The number of hydrogen-bond donors (Lipinski definition) is 1. The van der Waals surface area contributed by atoms with E-state index in [1.165, 1.54) is 27.2 Å². The molecule has 1 heterocycles. The second kappa shape index (κ2) is 12.6. The zero-order valence-electron chi connectivity index (χ0n) is 21.4. The summed E-state index contributed by atoms with van der Waals surface area (Å²) in [5, 5.41) is 10.9. The van der Waals surface area contributed by atoms with E-state index in [1.54, 1.807) is 30.3 Å². The van der Waals surface area contributed by atoms with Gasteiger partial charge in [-0.1, -0.05) is 12.1 Å². The highest BCUT2D eigenvalue weighted by Gasteiger charge is 2.27. The number of nitrogens with one attached hydrogen (secondary N) is 1. The summed E-state index contributed by atoms with van der Waals surface area (Å²) in [5.74, 6) is -2.91. The van der Waals surface area contributed by atoms with Crippen LogP contribution in [0, 0.1) is 6.92 Å². The highest BCUT2D eigenvalue weighted by atomic mass is 32.1. The van der Waals surface area contributed by atoms with Gasteiger partial charge in [0.1, 0.15) is 15.6 Å². The van der Waals surface area contributed by atoms with Crippen molar-refractivity contribution in [3.8, 4) is 0 Å². The Morgan fingerprint density at radius 3 is 2.18 bits per heavy atom. The Balaban J connectivity index is 1.70. The molecule has 0 radical (unpaired) electrons. The molecule has 0 aliphatic carbocycles. The number of carbonyl (C=O) groups excluding carboxylic acids is 4. The molecule has 38 heavy (non-hydrogen) atoms. The fourth-order valence-electron chi connectivity index (χ4n) is 3.27. The molecule has 2 aromatic carbocycles. The molecule has 0 saturated carbocycles. The Kier molecular flexibility index (Phi) is 9.28. The normalized spacial score (nSPS) is 10.7. The maximum absolute atomic E-state index is 12.7. The van der Waals surface area contributed by atoms with Crippen LogP contribution in [0.25, 0.3) is 0 Å². The van der Waals surface area contributed by atoms with Crippen molar-refractivity contribution in [1.29, 1.82) is 0 Å². The summed E-state index contributed by atoms with van der Waals surface area (Å²) in [6, 6.07) is 13.8. The van der Waals surface area contributed by atoms with E-state index >= 15 is 0 Å². The SMILES string of the molecule is COC(=O)c1sc(NC(=O)COC(=O)c2ccccc2N=Nc2ccc(N(C)C)cc2)c(C(=O)OC)c1C. The van der Waals surface area contributed by atoms with Crippen molar-refractivity contribution in [1.82, 2.24) is 0 Å². The molecule has 1 N–H and O–H groups in total. The van der Waals surface area contributed by atoms with Crippen LogP contribution in [-0.4, -0.2) is 58.7 Å². The standard InChI is InChI=1S/C26H26N4O7S/c1-15-21(25(33)35-4)23(38-22(15)26(34)36-5)27-20(31)14-37-24(32)18-8-6-7-9-19(18)29-28-16-10-12-17(13-11-16)30(2)3/h6-13H,14H2,1-5H3,(H,27,31). The van der Waals surface area contributed by atoms with Gasteiger partial charge in [-0.2, -0.15) is 5.11 Å². The molecule has 0 spiro atoms. The van der Waals surface area contributed by atoms with Crippen molar-refractivity contribution in [3.05, 3.63) is 70.1 Å². The molecule has 0 aliphatic heterocycles. The number of carbonyl (C=O) groups is 4. The third-order valence-corrected chi connectivity index (χ3v) is 6.44. The van der Waals surface area contributed by atoms with Crippen molar-refractivity contribution in [2.24, 2.45) is 10.2 Å². The number of ether oxygens (including phenoxy) is 3. The Bertz CT molecular complexity index is 1380. The first-order valence-corrected chi connectivity index (χ1v) is 12.0. The summed E-state index contributed by atoms with van der Waals surface area (Å²) in [6.45, 7) is 0.883. The average molecular weight is 539 g/mol. The molecule has 0 bridgehead atoms. The predicted octanol–water partition coefficient (Wildman–Crippen LogP) is 4.91. The van der Waals surface area contributed by atoms with Gasteiger partial charge in [0.2, 0.25) is 0 Å².